The number of hydrogen-bond acceptors (Lipinski definition) is 2. The molecule has 3 rings (SSSR count). The molecule has 0 saturated carbocycles. The van der Waals surface area contributed by atoms with Crippen LogP contribution >= 0.6 is 0 Å². The summed E-state index contributed by atoms with van der Waals surface area (Å²) < 4.78 is 12.8. The highest BCUT2D eigenvalue weighted by Gasteiger charge is 2.04. The molecule has 29 heavy (non-hydrogen) atoms. The van der Waals surface area contributed by atoms with Gasteiger partial charge in [0.1, 0.15) is 0 Å². The second-order valence-electron chi connectivity index (χ2n) is 7.54. The maximum atomic E-state index is 12.8. The molecule has 0 saturated heterocycles. The van der Waals surface area contributed by atoms with Crippen molar-refractivity contribution < 1.29 is 4.39 Å². The predicted molar refractivity (Wildman–Crippen MR) is 120 cm³/mol. The van der Waals surface area contributed by atoms with Crippen LogP contribution in [0.2, 0.25) is 0 Å². The van der Waals surface area contributed by atoms with Crippen molar-refractivity contribution in [1.82, 2.24) is 9.97 Å². The lowest BCUT2D eigenvalue weighted by Crippen LogP contribution is -1.95. The SMILES string of the molecule is C=CCc1ccc(-c2ccc(-c3cnc(CCCCCC(C)F)cn3)cc2)cc1. The lowest BCUT2D eigenvalue weighted by atomic mass is 10.0. The maximum absolute atomic E-state index is 12.8. The van der Waals surface area contributed by atoms with Gasteiger partial charge in [0.15, 0.2) is 0 Å². The van der Waals surface area contributed by atoms with Gasteiger partial charge in [0.2, 0.25) is 0 Å². The van der Waals surface area contributed by atoms with Gasteiger partial charge in [-0.1, -0.05) is 67.4 Å². The smallest absolute Gasteiger partial charge is 0.0973 e. The van der Waals surface area contributed by atoms with E-state index in [1.807, 2.05) is 18.5 Å². The Morgan fingerprint density at radius 2 is 1.52 bits per heavy atom. The van der Waals surface area contributed by atoms with Crippen molar-refractivity contribution in [3.05, 3.63) is 84.8 Å². The van der Waals surface area contributed by atoms with Crippen LogP contribution in [-0.2, 0) is 12.8 Å². The molecule has 3 heteroatoms. The summed E-state index contributed by atoms with van der Waals surface area (Å²) in [5.74, 6) is 0. The third kappa shape index (κ3) is 6.35. The summed E-state index contributed by atoms with van der Waals surface area (Å²) in [6.07, 6.45) is 10.4. The molecule has 0 amide bonds. The molecular weight excluding hydrogens is 359 g/mol. The average molecular weight is 389 g/mol. The molecule has 1 unspecified atom stereocenters. The zero-order valence-corrected chi connectivity index (χ0v) is 17.2. The van der Waals surface area contributed by atoms with E-state index in [0.29, 0.717) is 6.42 Å². The number of benzene rings is 2. The van der Waals surface area contributed by atoms with E-state index in [1.165, 1.54) is 16.7 Å². The number of hydrogen-bond donors (Lipinski definition) is 0. The first kappa shape index (κ1) is 20.9. The van der Waals surface area contributed by atoms with Gasteiger partial charge in [-0.05, 0) is 49.3 Å². The Morgan fingerprint density at radius 3 is 2.10 bits per heavy atom. The van der Waals surface area contributed by atoms with Crippen LogP contribution in [0.15, 0.2) is 73.6 Å². The minimum atomic E-state index is -0.697. The molecule has 2 nitrogen and oxygen atoms in total. The number of halogens is 1. The van der Waals surface area contributed by atoms with Crippen LogP contribution in [0.5, 0.6) is 0 Å². The summed E-state index contributed by atoms with van der Waals surface area (Å²) in [5.41, 5.74) is 6.60. The minimum Gasteiger partial charge on any atom is -0.257 e. The van der Waals surface area contributed by atoms with Crippen LogP contribution in [0.3, 0.4) is 0 Å². The van der Waals surface area contributed by atoms with Crippen LogP contribution < -0.4 is 0 Å². The molecule has 3 aromatic rings. The highest BCUT2D eigenvalue weighted by molar-refractivity contribution is 5.68. The Morgan fingerprint density at radius 1 is 0.862 bits per heavy atom. The molecule has 0 aliphatic heterocycles. The van der Waals surface area contributed by atoms with Crippen LogP contribution in [0.4, 0.5) is 4.39 Å². The Kier molecular flexibility index (Phi) is 7.69. The fraction of sp³-hybridized carbons (Fsp3) is 0.308. The van der Waals surface area contributed by atoms with Crippen molar-refractivity contribution in [2.24, 2.45) is 0 Å². The van der Waals surface area contributed by atoms with E-state index < -0.39 is 6.17 Å². The van der Waals surface area contributed by atoms with E-state index in [0.717, 1.165) is 49.1 Å². The molecule has 0 aliphatic rings. The lowest BCUT2D eigenvalue weighted by Gasteiger charge is -2.06. The van der Waals surface area contributed by atoms with Gasteiger partial charge in [-0.25, -0.2) is 4.39 Å². The highest BCUT2D eigenvalue weighted by Crippen LogP contribution is 2.24. The molecule has 0 N–H and O–H groups in total. The lowest BCUT2D eigenvalue weighted by molar-refractivity contribution is 0.330. The first-order chi connectivity index (χ1) is 14.2. The minimum absolute atomic E-state index is 0.652. The zero-order chi connectivity index (χ0) is 20.5. The van der Waals surface area contributed by atoms with E-state index in [9.17, 15) is 4.39 Å². The van der Waals surface area contributed by atoms with E-state index in [4.69, 9.17) is 0 Å². The molecule has 0 aliphatic carbocycles. The second kappa shape index (κ2) is 10.7. The van der Waals surface area contributed by atoms with Crippen molar-refractivity contribution in [1.29, 1.82) is 0 Å². The largest absolute Gasteiger partial charge is 0.257 e. The molecule has 1 atom stereocenters. The number of unbranched alkanes of at least 4 members (excludes halogenated alkanes) is 2. The quantitative estimate of drug-likeness (QED) is 0.276. The van der Waals surface area contributed by atoms with Gasteiger partial charge in [0.05, 0.1) is 23.8 Å². The van der Waals surface area contributed by atoms with Gasteiger partial charge in [-0.15, -0.1) is 6.58 Å². The topological polar surface area (TPSA) is 25.8 Å². The van der Waals surface area contributed by atoms with Gasteiger partial charge in [-0.2, -0.15) is 0 Å². The monoisotopic (exact) mass is 388 g/mol. The number of rotatable bonds is 10. The molecule has 1 heterocycles. The summed E-state index contributed by atoms with van der Waals surface area (Å²) >= 11 is 0. The number of aromatic nitrogens is 2. The molecular formula is C26H29FN2. The number of allylic oxidation sites excluding steroid dienone is 1. The Hall–Kier alpha value is -2.81. The maximum Gasteiger partial charge on any atom is 0.0973 e. The second-order valence-corrected chi connectivity index (χ2v) is 7.54. The molecule has 0 radical (unpaired) electrons. The predicted octanol–water partition coefficient (Wildman–Crippen LogP) is 7.00. The average Bonchev–Trinajstić information content (AvgIpc) is 2.75. The van der Waals surface area contributed by atoms with Crippen molar-refractivity contribution >= 4 is 0 Å². The third-order valence-corrected chi connectivity index (χ3v) is 5.09. The van der Waals surface area contributed by atoms with Crippen LogP contribution in [0.1, 0.15) is 43.9 Å². The van der Waals surface area contributed by atoms with Crippen LogP contribution in [0.25, 0.3) is 22.4 Å². The first-order valence-electron chi connectivity index (χ1n) is 10.4. The third-order valence-electron chi connectivity index (χ3n) is 5.09. The van der Waals surface area contributed by atoms with Gasteiger partial charge in [-0.3, -0.25) is 9.97 Å². The molecule has 150 valence electrons. The Labute approximate surface area is 173 Å². The zero-order valence-electron chi connectivity index (χ0n) is 17.2. The van der Waals surface area contributed by atoms with Crippen LogP contribution in [-0.4, -0.2) is 16.1 Å². The van der Waals surface area contributed by atoms with Crippen LogP contribution in [0, 0.1) is 0 Å². The van der Waals surface area contributed by atoms with Crippen molar-refractivity contribution in [2.75, 3.05) is 0 Å². The van der Waals surface area contributed by atoms with Gasteiger partial charge < -0.3 is 0 Å². The number of aryl methyl sites for hydroxylation is 1. The van der Waals surface area contributed by atoms with Crippen molar-refractivity contribution in [3.8, 4) is 22.4 Å². The Balaban J connectivity index is 1.57. The molecule has 0 fully saturated rings. The summed E-state index contributed by atoms with van der Waals surface area (Å²) in [7, 11) is 0. The molecule has 1 aromatic heterocycles. The fourth-order valence-corrected chi connectivity index (χ4v) is 3.37. The van der Waals surface area contributed by atoms with Crippen molar-refractivity contribution in [2.45, 2.75) is 51.6 Å². The van der Waals surface area contributed by atoms with Gasteiger partial charge in [0.25, 0.3) is 0 Å². The fourth-order valence-electron chi connectivity index (χ4n) is 3.37. The van der Waals surface area contributed by atoms with E-state index in [1.54, 1.807) is 6.92 Å². The molecule has 0 bridgehead atoms. The van der Waals surface area contributed by atoms with Gasteiger partial charge in [0, 0.05) is 11.8 Å². The Bertz CT molecular complexity index is 882. The number of nitrogens with zero attached hydrogens (tertiary/aromatic N) is 2. The summed E-state index contributed by atoms with van der Waals surface area (Å²) in [6, 6.07) is 17.0. The summed E-state index contributed by atoms with van der Waals surface area (Å²) in [4.78, 5) is 9.13. The summed E-state index contributed by atoms with van der Waals surface area (Å²) in [5, 5.41) is 0. The van der Waals surface area contributed by atoms with E-state index >= 15 is 0 Å². The normalized spacial score (nSPS) is 11.9. The van der Waals surface area contributed by atoms with Crippen molar-refractivity contribution in [3.63, 3.8) is 0 Å². The highest BCUT2D eigenvalue weighted by atomic mass is 19.1. The summed E-state index contributed by atoms with van der Waals surface area (Å²) in [6.45, 7) is 5.41. The van der Waals surface area contributed by atoms with Gasteiger partial charge >= 0.3 is 0 Å². The number of alkyl halides is 1. The standard InChI is InChI=1S/C26H29FN2/c1-3-7-21-10-12-22(13-11-21)23-14-16-24(17-15-23)26-19-28-25(18-29-26)9-6-4-5-8-20(2)27/h3,10-20H,1,4-9H2,2H3. The van der Waals surface area contributed by atoms with E-state index in [-0.39, 0.29) is 0 Å². The molecule has 0 spiro atoms. The molecule has 2 aromatic carbocycles. The first-order valence-corrected chi connectivity index (χ1v) is 10.4. The van der Waals surface area contributed by atoms with E-state index in [2.05, 4.69) is 65.1 Å².